The van der Waals surface area contributed by atoms with Crippen LogP contribution in [0, 0.1) is 0 Å². The molecular weight excluding hydrogens is 102 g/mol. The molecule has 0 saturated carbocycles. The van der Waals surface area contributed by atoms with Crippen molar-refractivity contribution in [2.75, 3.05) is 0 Å². The Hall–Kier alpha value is -0.700. The van der Waals surface area contributed by atoms with Gasteiger partial charge in [-0.25, -0.2) is 0 Å². The summed E-state index contributed by atoms with van der Waals surface area (Å²) in [5.74, 6) is 0. The average molecular weight is 111 g/mol. The molecule has 0 aliphatic carbocycles. The van der Waals surface area contributed by atoms with E-state index in [2.05, 4.69) is 10.2 Å². The normalized spacial score (nSPS) is 34.2. The van der Waals surface area contributed by atoms with E-state index in [-0.39, 0.29) is 0 Å². The average Bonchev–Trinajstić information content (AvgIpc) is 2.17. The molecule has 8 heavy (non-hydrogen) atoms. The molecule has 3 heteroatoms. The summed E-state index contributed by atoms with van der Waals surface area (Å²) in [6.07, 6.45) is 4.24. The van der Waals surface area contributed by atoms with Crippen LogP contribution < -0.4 is 5.73 Å². The lowest BCUT2D eigenvalue weighted by atomic mass is 10.1. The van der Waals surface area contributed by atoms with Gasteiger partial charge < -0.3 is 5.73 Å². The third-order valence-corrected chi connectivity index (χ3v) is 1.24. The van der Waals surface area contributed by atoms with E-state index in [1.165, 1.54) is 0 Å². The summed E-state index contributed by atoms with van der Waals surface area (Å²) in [7, 11) is 0. The monoisotopic (exact) mass is 111 g/mol. The summed E-state index contributed by atoms with van der Waals surface area (Å²) >= 11 is 0. The van der Waals surface area contributed by atoms with Crippen molar-refractivity contribution in [3.63, 3.8) is 0 Å². The van der Waals surface area contributed by atoms with E-state index in [1.807, 2.05) is 6.92 Å². The zero-order chi connectivity index (χ0) is 6.04. The van der Waals surface area contributed by atoms with Crippen LogP contribution in [0.25, 0.3) is 0 Å². The Balaban J connectivity index is 2.69. The lowest BCUT2D eigenvalue weighted by Gasteiger charge is -2.11. The summed E-state index contributed by atoms with van der Waals surface area (Å²) in [5.41, 5.74) is 5.12. The van der Waals surface area contributed by atoms with Crippen LogP contribution in [0.15, 0.2) is 22.5 Å². The van der Waals surface area contributed by atoms with Gasteiger partial charge in [-0.3, -0.25) is 0 Å². The highest BCUT2D eigenvalue weighted by molar-refractivity contribution is 5.05. The zero-order valence-electron chi connectivity index (χ0n) is 4.83. The number of hydrogen-bond acceptors (Lipinski definition) is 3. The quantitative estimate of drug-likeness (QED) is 0.539. The molecule has 0 aromatic heterocycles. The highest BCUT2D eigenvalue weighted by Crippen LogP contribution is 2.15. The van der Waals surface area contributed by atoms with Crippen molar-refractivity contribution >= 4 is 0 Å². The van der Waals surface area contributed by atoms with Crippen molar-refractivity contribution in [3.8, 4) is 0 Å². The summed E-state index contributed by atoms with van der Waals surface area (Å²) in [5, 5.41) is 7.40. The van der Waals surface area contributed by atoms with Gasteiger partial charge in [0.25, 0.3) is 0 Å². The molecule has 1 heterocycles. The molecule has 0 radical (unpaired) electrons. The Labute approximate surface area is 48.3 Å². The van der Waals surface area contributed by atoms with Crippen LogP contribution in [0.1, 0.15) is 13.3 Å². The maximum absolute atomic E-state index is 5.61. The molecule has 1 atom stereocenters. The highest BCUT2D eigenvalue weighted by Gasteiger charge is 2.19. The molecule has 0 aromatic rings. The summed E-state index contributed by atoms with van der Waals surface area (Å²) < 4.78 is 0. The Morgan fingerprint density at radius 1 is 1.75 bits per heavy atom. The Morgan fingerprint density at radius 3 is 2.75 bits per heavy atom. The van der Waals surface area contributed by atoms with Gasteiger partial charge in [0.15, 0.2) is 0 Å². The van der Waals surface area contributed by atoms with Gasteiger partial charge in [-0.2, -0.15) is 10.2 Å². The first-order valence-corrected chi connectivity index (χ1v) is 2.65. The van der Waals surface area contributed by atoms with E-state index >= 15 is 0 Å². The lowest BCUT2D eigenvalue weighted by molar-refractivity contribution is 0.529. The number of azo groups is 1. The van der Waals surface area contributed by atoms with Crippen LogP contribution in [0.2, 0.25) is 0 Å². The molecule has 1 aliphatic rings. The van der Waals surface area contributed by atoms with Crippen LogP contribution in [-0.4, -0.2) is 5.66 Å². The van der Waals surface area contributed by atoms with Crippen molar-refractivity contribution in [1.29, 1.82) is 0 Å². The second-order valence-electron chi connectivity index (χ2n) is 1.88. The summed E-state index contributed by atoms with van der Waals surface area (Å²) in [4.78, 5) is 0. The zero-order valence-corrected chi connectivity index (χ0v) is 4.83. The second kappa shape index (κ2) is 1.67. The maximum atomic E-state index is 5.61. The molecule has 44 valence electrons. The van der Waals surface area contributed by atoms with Crippen molar-refractivity contribution in [1.82, 2.24) is 0 Å². The molecular formula is C5H9N3. The van der Waals surface area contributed by atoms with Crippen molar-refractivity contribution in [2.45, 2.75) is 19.0 Å². The number of nitrogens with zero attached hydrogens (tertiary/aromatic N) is 2. The molecule has 1 aliphatic heterocycles. The first-order valence-electron chi connectivity index (χ1n) is 2.65. The molecule has 0 aromatic carbocycles. The van der Waals surface area contributed by atoms with Gasteiger partial charge >= 0.3 is 0 Å². The summed E-state index contributed by atoms with van der Waals surface area (Å²) in [6.45, 7) is 1.98. The topological polar surface area (TPSA) is 50.7 Å². The fourth-order valence-electron chi connectivity index (χ4n) is 0.525. The molecule has 0 fully saturated rings. The Morgan fingerprint density at radius 2 is 2.50 bits per heavy atom. The van der Waals surface area contributed by atoms with E-state index in [9.17, 15) is 0 Å². The van der Waals surface area contributed by atoms with Gasteiger partial charge in [-0.05, 0) is 12.5 Å². The molecule has 3 nitrogen and oxygen atoms in total. The third-order valence-electron chi connectivity index (χ3n) is 1.24. The van der Waals surface area contributed by atoms with E-state index in [1.54, 1.807) is 12.3 Å². The van der Waals surface area contributed by atoms with Crippen LogP contribution in [-0.2, 0) is 0 Å². The minimum absolute atomic E-state index is 0.486. The molecule has 0 saturated heterocycles. The predicted octanol–water partition coefficient (Wildman–Crippen LogP) is 1.03. The molecule has 2 N–H and O–H groups in total. The number of nitrogens with two attached hydrogens (primary N) is 1. The van der Waals surface area contributed by atoms with Crippen LogP contribution in [0.3, 0.4) is 0 Å². The van der Waals surface area contributed by atoms with Crippen molar-refractivity contribution in [3.05, 3.63) is 12.3 Å². The fourth-order valence-corrected chi connectivity index (χ4v) is 0.525. The van der Waals surface area contributed by atoms with E-state index in [0.717, 1.165) is 6.42 Å². The number of rotatable bonds is 1. The largest absolute Gasteiger partial charge is 0.302 e. The maximum Gasteiger partial charge on any atom is 0.149 e. The van der Waals surface area contributed by atoms with E-state index < -0.39 is 5.66 Å². The van der Waals surface area contributed by atoms with E-state index in [0.29, 0.717) is 0 Å². The first-order chi connectivity index (χ1) is 3.77. The smallest absolute Gasteiger partial charge is 0.149 e. The fraction of sp³-hybridized carbons (Fsp3) is 0.600. The lowest BCUT2D eigenvalue weighted by Crippen LogP contribution is -2.32. The highest BCUT2D eigenvalue weighted by atomic mass is 15.2. The second-order valence-corrected chi connectivity index (χ2v) is 1.88. The number of hydrogen-bond donors (Lipinski definition) is 1. The van der Waals surface area contributed by atoms with Gasteiger partial charge in [-0.1, -0.05) is 6.92 Å². The molecule has 0 spiro atoms. The minimum Gasteiger partial charge on any atom is -0.302 e. The van der Waals surface area contributed by atoms with Gasteiger partial charge in [0.2, 0.25) is 0 Å². The third kappa shape index (κ3) is 0.767. The van der Waals surface area contributed by atoms with Crippen LogP contribution in [0.4, 0.5) is 0 Å². The van der Waals surface area contributed by atoms with Gasteiger partial charge in [0, 0.05) is 6.20 Å². The standard InChI is InChI=1S/C5H9N3/c1-2-5(6)3-4-7-8-5/h3-4H,2,6H2,1H3. The first kappa shape index (κ1) is 5.44. The van der Waals surface area contributed by atoms with Crippen LogP contribution >= 0.6 is 0 Å². The van der Waals surface area contributed by atoms with Gasteiger partial charge in [0.1, 0.15) is 5.66 Å². The molecule has 1 unspecified atom stereocenters. The molecule has 0 amide bonds. The van der Waals surface area contributed by atoms with Crippen molar-refractivity contribution < 1.29 is 0 Å². The Bertz CT molecular complexity index is 125. The minimum atomic E-state index is -0.486. The SMILES string of the molecule is CCC1(N)C=CN=N1. The van der Waals surface area contributed by atoms with Crippen LogP contribution in [0.5, 0.6) is 0 Å². The van der Waals surface area contributed by atoms with E-state index in [4.69, 9.17) is 5.73 Å². The molecule has 0 bridgehead atoms. The predicted molar refractivity (Wildman–Crippen MR) is 31.2 cm³/mol. The van der Waals surface area contributed by atoms with Gasteiger partial charge in [-0.15, -0.1) is 0 Å². The van der Waals surface area contributed by atoms with Gasteiger partial charge in [0.05, 0.1) is 0 Å². The summed E-state index contributed by atoms with van der Waals surface area (Å²) in [6, 6.07) is 0. The molecule has 1 rings (SSSR count). The Kier molecular flexibility index (Phi) is 1.13. The van der Waals surface area contributed by atoms with Crippen molar-refractivity contribution in [2.24, 2.45) is 16.0 Å².